The first-order valence-corrected chi connectivity index (χ1v) is 8.98. The van der Waals surface area contributed by atoms with Crippen LogP contribution in [0, 0.1) is 0 Å². The maximum absolute atomic E-state index is 12.1. The molecular weight excluding hydrogens is 392 g/mol. The van der Waals surface area contributed by atoms with Gasteiger partial charge in [-0.1, -0.05) is 58.4 Å². The number of fused-ring (bicyclic) bond motifs is 2. The van der Waals surface area contributed by atoms with Gasteiger partial charge >= 0.3 is 5.97 Å². The topological polar surface area (TPSA) is 35.5 Å². The fraction of sp³-hybridized carbons (Fsp3) is 0.0455. The predicted molar refractivity (Wildman–Crippen MR) is 107 cm³/mol. The van der Waals surface area contributed by atoms with Gasteiger partial charge in [0, 0.05) is 4.47 Å². The summed E-state index contributed by atoms with van der Waals surface area (Å²) in [4.78, 5) is 12.1. The van der Waals surface area contributed by atoms with Crippen LogP contribution in [0.2, 0.25) is 0 Å². The zero-order valence-electron chi connectivity index (χ0n) is 13.8. The molecule has 0 heterocycles. The minimum atomic E-state index is -0.436. The van der Waals surface area contributed by atoms with Crippen LogP contribution in [0.1, 0.15) is 0 Å². The van der Waals surface area contributed by atoms with Crippen molar-refractivity contribution in [3.05, 3.63) is 83.3 Å². The van der Waals surface area contributed by atoms with Gasteiger partial charge in [0.05, 0.1) is 0 Å². The van der Waals surface area contributed by atoms with Gasteiger partial charge in [0.15, 0.2) is 6.61 Å². The first-order valence-electron chi connectivity index (χ1n) is 8.19. The van der Waals surface area contributed by atoms with E-state index in [0.717, 1.165) is 26.0 Å². The normalized spacial score (nSPS) is 10.8. The summed E-state index contributed by atoms with van der Waals surface area (Å²) in [5.74, 6) is 0.713. The minimum absolute atomic E-state index is 0.142. The van der Waals surface area contributed by atoms with Crippen molar-refractivity contribution in [3.63, 3.8) is 0 Å². The maximum atomic E-state index is 12.1. The smallest absolute Gasteiger partial charge is 0.349 e. The molecule has 0 bridgehead atoms. The highest BCUT2D eigenvalue weighted by Crippen LogP contribution is 2.24. The lowest BCUT2D eigenvalue weighted by atomic mass is 10.1. The third-order valence-electron chi connectivity index (χ3n) is 4.08. The molecule has 128 valence electrons. The van der Waals surface area contributed by atoms with Crippen LogP contribution in [-0.4, -0.2) is 12.6 Å². The second-order valence-corrected chi connectivity index (χ2v) is 6.84. The standard InChI is InChI=1S/C22H15BrO3/c23-19-8-5-18-13-21(10-7-17(18)11-19)26-22(24)14-25-20-9-6-15-3-1-2-4-16(15)12-20/h1-13H,14H2. The van der Waals surface area contributed by atoms with E-state index in [1.54, 1.807) is 6.07 Å². The molecule has 0 fully saturated rings. The van der Waals surface area contributed by atoms with Gasteiger partial charge < -0.3 is 9.47 Å². The molecule has 4 rings (SSSR count). The first-order chi connectivity index (χ1) is 12.7. The van der Waals surface area contributed by atoms with Crippen LogP contribution in [-0.2, 0) is 4.79 Å². The van der Waals surface area contributed by atoms with Crippen molar-refractivity contribution >= 4 is 43.4 Å². The summed E-state index contributed by atoms with van der Waals surface area (Å²) in [6.45, 7) is -0.142. The molecule has 0 unspecified atom stereocenters. The summed E-state index contributed by atoms with van der Waals surface area (Å²) >= 11 is 3.45. The summed E-state index contributed by atoms with van der Waals surface area (Å²) in [5.41, 5.74) is 0. The molecule has 0 aliphatic carbocycles. The fourth-order valence-electron chi connectivity index (χ4n) is 2.82. The van der Waals surface area contributed by atoms with Crippen LogP contribution in [0.4, 0.5) is 0 Å². The van der Waals surface area contributed by atoms with E-state index in [2.05, 4.69) is 15.9 Å². The minimum Gasteiger partial charge on any atom is -0.482 e. The summed E-state index contributed by atoms with van der Waals surface area (Å²) < 4.78 is 12.0. The average molecular weight is 407 g/mol. The number of hydrogen-bond donors (Lipinski definition) is 0. The number of hydrogen-bond acceptors (Lipinski definition) is 3. The Balaban J connectivity index is 1.42. The third-order valence-corrected chi connectivity index (χ3v) is 4.58. The largest absolute Gasteiger partial charge is 0.482 e. The van der Waals surface area contributed by atoms with E-state index in [4.69, 9.17) is 9.47 Å². The summed E-state index contributed by atoms with van der Waals surface area (Å²) in [6, 6.07) is 25.2. The summed E-state index contributed by atoms with van der Waals surface area (Å²) in [6.07, 6.45) is 0. The van der Waals surface area contributed by atoms with E-state index in [0.29, 0.717) is 11.5 Å². The highest BCUT2D eigenvalue weighted by Gasteiger charge is 2.08. The molecule has 0 saturated carbocycles. The van der Waals surface area contributed by atoms with Gasteiger partial charge in [0.1, 0.15) is 11.5 Å². The van der Waals surface area contributed by atoms with E-state index in [9.17, 15) is 4.79 Å². The predicted octanol–water partition coefficient (Wildman–Crippen LogP) is 5.74. The molecule has 0 aliphatic heterocycles. The van der Waals surface area contributed by atoms with Crippen molar-refractivity contribution in [1.82, 2.24) is 0 Å². The van der Waals surface area contributed by atoms with Crippen LogP contribution in [0.25, 0.3) is 21.5 Å². The van der Waals surface area contributed by atoms with Crippen molar-refractivity contribution in [2.75, 3.05) is 6.61 Å². The maximum Gasteiger partial charge on any atom is 0.349 e. The number of halogens is 1. The lowest BCUT2D eigenvalue weighted by Crippen LogP contribution is -2.17. The Labute approximate surface area is 159 Å². The van der Waals surface area contributed by atoms with E-state index in [1.807, 2.05) is 72.8 Å². The van der Waals surface area contributed by atoms with Crippen molar-refractivity contribution < 1.29 is 14.3 Å². The van der Waals surface area contributed by atoms with Gasteiger partial charge in [-0.3, -0.25) is 0 Å². The first kappa shape index (κ1) is 16.6. The van der Waals surface area contributed by atoms with E-state index in [-0.39, 0.29) is 6.61 Å². The zero-order valence-corrected chi connectivity index (χ0v) is 15.4. The Hall–Kier alpha value is -2.85. The Kier molecular flexibility index (Phi) is 4.59. The van der Waals surface area contributed by atoms with Gasteiger partial charge in [0.2, 0.25) is 0 Å². The molecule has 26 heavy (non-hydrogen) atoms. The molecule has 4 aromatic rings. The number of ether oxygens (including phenoxy) is 2. The molecule has 0 amide bonds. The number of esters is 1. The zero-order chi connectivity index (χ0) is 17.9. The highest BCUT2D eigenvalue weighted by atomic mass is 79.9. The van der Waals surface area contributed by atoms with Crippen LogP contribution in [0.15, 0.2) is 83.3 Å². The molecule has 4 heteroatoms. The van der Waals surface area contributed by atoms with Gasteiger partial charge in [-0.15, -0.1) is 0 Å². The number of benzene rings is 4. The molecule has 0 spiro atoms. The quantitative estimate of drug-likeness (QED) is 0.320. The summed E-state index contributed by atoms with van der Waals surface area (Å²) in [7, 11) is 0. The van der Waals surface area contributed by atoms with Gasteiger partial charge in [-0.05, 0) is 57.9 Å². The molecule has 3 nitrogen and oxygen atoms in total. The lowest BCUT2D eigenvalue weighted by Gasteiger charge is -2.08. The fourth-order valence-corrected chi connectivity index (χ4v) is 3.20. The SMILES string of the molecule is O=C(COc1ccc2ccccc2c1)Oc1ccc2cc(Br)ccc2c1. The van der Waals surface area contributed by atoms with E-state index in [1.165, 1.54) is 0 Å². The number of carbonyl (C=O) groups is 1. The molecule has 0 N–H and O–H groups in total. The van der Waals surface area contributed by atoms with Crippen LogP contribution in [0.5, 0.6) is 11.5 Å². The summed E-state index contributed by atoms with van der Waals surface area (Å²) in [5, 5.41) is 4.28. The van der Waals surface area contributed by atoms with Gasteiger partial charge in [0.25, 0.3) is 0 Å². The Morgan fingerprint density at radius 1 is 0.731 bits per heavy atom. The second-order valence-electron chi connectivity index (χ2n) is 5.92. The molecular formula is C22H15BrO3. The number of carbonyl (C=O) groups excluding carboxylic acids is 1. The third kappa shape index (κ3) is 3.70. The Bertz CT molecular complexity index is 1100. The molecule has 0 aromatic heterocycles. The second kappa shape index (κ2) is 7.18. The molecule has 0 saturated heterocycles. The van der Waals surface area contributed by atoms with E-state index < -0.39 is 5.97 Å². The van der Waals surface area contributed by atoms with Gasteiger partial charge in [-0.2, -0.15) is 0 Å². The average Bonchev–Trinajstić information content (AvgIpc) is 2.66. The molecule has 0 radical (unpaired) electrons. The molecule has 0 atom stereocenters. The van der Waals surface area contributed by atoms with Crippen molar-refractivity contribution in [3.8, 4) is 11.5 Å². The molecule has 0 aliphatic rings. The Morgan fingerprint density at radius 2 is 1.35 bits per heavy atom. The number of rotatable bonds is 4. The molecule has 4 aromatic carbocycles. The van der Waals surface area contributed by atoms with Crippen molar-refractivity contribution in [1.29, 1.82) is 0 Å². The van der Waals surface area contributed by atoms with Crippen molar-refractivity contribution in [2.24, 2.45) is 0 Å². The monoisotopic (exact) mass is 406 g/mol. The van der Waals surface area contributed by atoms with Gasteiger partial charge in [-0.25, -0.2) is 4.79 Å². The van der Waals surface area contributed by atoms with Crippen LogP contribution >= 0.6 is 15.9 Å². The highest BCUT2D eigenvalue weighted by molar-refractivity contribution is 9.10. The Morgan fingerprint density at radius 3 is 2.23 bits per heavy atom. The lowest BCUT2D eigenvalue weighted by molar-refractivity contribution is -0.136. The van der Waals surface area contributed by atoms with Crippen LogP contribution < -0.4 is 9.47 Å². The van der Waals surface area contributed by atoms with Crippen LogP contribution in [0.3, 0.4) is 0 Å². The van der Waals surface area contributed by atoms with E-state index >= 15 is 0 Å². The van der Waals surface area contributed by atoms with Crippen molar-refractivity contribution in [2.45, 2.75) is 0 Å².